The highest BCUT2D eigenvalue weighted by molar-refractivity contribution is 7.91. The molecule has 0 radical (unpaired) electrons. The number of rotatable bonds is 7. The molecule has 0 atom stereocenters. The lowest BCUT2D eigenvalue weighted by atomic mass is 9.79. The minimum Gasteiger partial charge on any atom is -0.356 e. The molecule has 134 valence electrons. The van der Waals surface area contributed by atoms with Crippen molar-refractivity contribution in [2.45, 2.75) is 38.0 Å². The van der Waals surface area contributed by atoms with E-state index < -0.39 is 9.84 Å². The molecule has 0 aromatic heterocycles. The molecule has 1 fully saturated rings. The predicted octanol–water partition coefficient (Wildman–Crippen LogP) is 2.10. The number of hydrogen-bond acceptors (Lipinski definition) is 3. The van der Waals surface area contributed by atoms with Crippen LogP contribution in [0.2, 0.25) is 0 Å². The van der Waals surface area contributed by atoms with Gasteiger partial charge in [0, 0.05) is 31.3 Å². The minimum absolute atomic E-state index is 0.133. The molecule has 0 spiro atoms. The monoisotopic (exact) mass is 351 g/mol. The summed E-state index contributed by atoms with van der Waals surface area (Å²) in [6.07, 6.45) is 4.84. The van der Waals surface area contributed by atoms with Crippen molar-refractivity contribution in [1.82, 2.24) is 10.6 Å². The third kappa shape index (κ3) is 4.97. The van der Waals surface area contributed by atoms with Gasteiger partial charge in [-0.2, -0.15) is 0 Å². The zero-order valence-corrected chi connectivity index (χ0v) is 15.5. The first-order valence-electron chi connectivity index (χ1n) is 8.72. The van der Waals surface area contributed by atoms with Crippen molar-refractivity contribution in [1.29, 1.82) is 0 Å². The van der Waals surface area contributed by atoms with Crippen molar-refractivity contribution in [3.63, 3.8) is 0 Å². The fraction of sp³-hybridized carbons (Fsp3) is 0.611. The number of sulfone groups is 1. The molecule has 1 aliphatic carbocycles. The summed E-state index contributed by atoms with van der Waals surface area (Å²) < 4.78 is 23.1. The Labute approximate surface area is 145 Å². The Morgan fingerprint density at radius 2 is 1.83 bits per heavy atom. The molecule has 0 bridgehead atoms. The van der Waals surface area contributed by atoms with Crippen LogP contribution in [0.15, 0.2) is 35.3 Å². The van der Waals surface area contributed by atoms with Gasteiger partial charge < -0.3 is 10.6 Å². The summed E-state index contributed by atoms with van der Waals surface area (Å²) in [4.78, 5) is 4.22. The normalized spacial score (nSPS) is 17.7. The van der Waals surface area contributed by atoms with E-state index in [1.165, 1.54) is 31.2 Å². The van der Waals surface area contributed by atoms with Gasteiger partial charge in [0.15, 0.2) is 15.8 Å². The van der Waals surface area contributed by atoms with E-state index in [-0.39, 0.29) is 16.9 Å². The summed E-state index contributed by atoms with van der Waals surface area (Å²) in [6.45, 7) is 2.87. The SMILES string of the molecule is CCS(=O)(=O)CCNC(=NC)NCC1(c2ccccc2)CCCC1. The molecule has 24 heavy (non-hydrogen) atoms. The summed E-state index contributed by atoms with van der Waals surface area (Å²) in [7, 11) is -1.24. The summed E-state index contributed by atoms with van der Waals surface area (Å²) in [5, 5.41) is 6.51. The lowest BCUT2D eigenvalue weighted by Crippen LogP contribution is -2.45. The number of nitrogens with one attached hydrogen (secondary N) is 2. The fourth-order valence-electron chi connectivity index (χ4n) is 3.35. The molecule has 0 aliphatic heterocycles. The first-order chi connectivity index (χ1) is 11.5. The van der Waals surface area contributed by atoms with E-state index in [0.717, 1.165) is 6.54 Å². The van der Waals surface area contributed by atoms with Crippen molar-refractivity contribution in [3.05, 3.63) is 35.9 Å². The molecule has 1 aromatic carbocycles. The van der Waals surface area contributed by atoms with Gasteiger partial charge >= 0.3 is 0 Å². The van der Waals surface area contributed by atoms with Gasteiger partial charge in [-0.3, -0.25) is 4.99 Å². The lowest BCUT2D eigenvalue weighted by molar-refractivity contribution is 0.432. The largest absolute Gasteiger partial charge is 0.356 e. The maximum atomic E-state index is 11.6. The summed E-state index contributed by atoms with van der Waals surface area (Å²) >= 11 is 0. The second kappa shape index (κ2) is 8.51. The van der Waals surface area contributed by atoms with E-state index >= 15 is 0 Å². The second-order valence-corrected chi connectivity index (χ2v) is 8.92. The van der Waals surface area contributed by atoms with Gasteiger partial charge in [0.2, 0.25) is 0 Å². The zero-order chi connectivity index (χ0) is 17.5. The lowest BCUT2D eigenvalue weighted by Gasteiger charge is -2.30. The van der Waals surface area contributed by atoms with Crippen molar-refractivity contribution < 1.29 is 8.42 Å². The molecule has 0 heterocycles. The quantitative estimate of drug-likeness (QED) is 0.583. The zero-order valence-electron chi connectivity index (χ0n) is 14.7. The number of benzene rings is 1. The highest BCUT2D eigenvalue weighted by Crippen LogP contribution is 2.40. The topological polar surface area (TPSA) is 70.6 Å². The molecular weight excluding hydrogens is 322 g/mol. The van der Waals surface area contributed by atoms with Crippen LogP contribution < -0.4 is 10.6 Å². The smallest absolute Gasteiger partial charge is 0.191 e. The molecule has 2 rings (SSSR count). The average Bonchev–Trinajstić information content (AvgIpc) is 3.09. The third-order valence-corrected chi connectivity index (χ3v) is 6.62. The Hall–Kier alpha value is -1.56. The van der Waals surface area contributed by atoms with Crippen molar-refractivity contribution in [2.75, 3.05) is 31.6 Å². The molecule has 1 saturated carbocycles. The maximum Gasteiger partial charge on any atom is 0.191 e. The average molecular weight is 352 g/mol. The molecule has 0 unspecified atom stereocenters. The van der Waals surface area contributed by atoms with Crippen LogP contribution in [0.3, 0.4) is 0 Å². The van der Waals surface area contributed by atoms with Crippen LogP contribution in [0, 0.1) is 0 Å². The number of hydrogen-bond donors (Lipinski definition) is 2. The molecule has 2 N–H and O–H groups in total. The van der Waals surface area contributed by atoms with E-state index in [1.54, 1.807) is 14.0 Å². The van der Waals surface area contributed by atoms with E-state index in [0.29, 0.717) is 12.5 Å². The second-order valence-electron chi connectivity index (χ2n) is 6.44. The van der Waals surface area contributed by atoms with E-state index in [9.17, 15) is 8.42 Å². The number of guanidine groups is 1. The van der Waals surface area contributed by atoms with Gasteiger partial charge in [0.05, 0.1) is 5.75 Å². The van der Waals surface area contributed by atoms with Crippen LogP contribution in [-0.2, 0) is 15.3 Å². The third-order valence-electron chi connectivity index (χ3n) is 4.91. The Kier molecular flexibility index (Phi) is 6.66. The highest BCUT2D eigenvalue weighted by atomic mass is 32.2. The predicted molar refractivity (Wildman–Crippen MR) is 100 cm³/mol. The first-order valence-corrected chi connectivity index (χ1v) is 10.5. The standard InChI is InChI=1S/C18H29N3O2S/c1-3-24(22,23)14-13-20-17(19-2)21-15-18(11-7-8-12-18)16-9-5-4-6-10-16/h4-6,9-10H,3,7-8,11-15H2,1-2H3,(H2,19,20,21). The summed E-state index contributed by atoms with van der Waals surface area (Å²) in [5.41, 5.74) is 1.52. The van der Waals surface area contributed by atoms with Crippen LogP contribution in [0.4, 0.5) is 0 Å². The maximum absolute atomic E-state index is 11.6. The minimum atomic E-state index is -2.95. The number of nitrogens with zero attached hydrogens (tertiary/aromatic N) is 1. The van der Waals surface area contributed by atoms with Crippen LogP contribution in [0.5, 0.6) is 0 Å². The van der Waals surface area contributed by atoms with E-state index in [1.807, 2.05) is 6.07 Å². The van der Waals surface area contributed by atoms with Gasteiger partial charge in [-0.25, -0.2) is 8.42 Å². The number of aliphatic imine (C=N–C) groups is 1. The fourth-order valence-corrected chi connectivity index (χ4v) is 4.06. The van der Waals surface area contributed by atoms with Crippen LogP contribution in [0.25, 0.3) is 0 Å². The first kappa shape index (κ1) is 18.8. The Morgan fingerprint density at radius 1 is 1.17 bits per heavy atom. The van der Waals surface area contributed by atoms with Crippen molar-refractivity contribution >= 4 is 15.8 Å². The van der Waals surface area contributed by atoms with Gasteiger partial charge in [-0.1, -0.05) is 50.1 Å². The van der Waals surface area contributed by atoms with E-state index in [2.05, 4.69) is 39.9 Å². The molecular formula is C18H29N3O2S. The van der Waals surface area contributed by atoms with Gasteiger partial charge in [-0.05, 0) is 18.4 Å². The van der Waals surface area contributed by atoms with Crippen LogP contribution in [-0.4, -0.2) is 46.0 Å². The Balaban J connectivity index is 1.93. The molecule has 0 saturated heterocycles. The molecule has 0 amide bonds. The molecule has 5 nitrogen and oxygen atoms in total. The van der Waals surface area contributed by atoms with Crippen LogP contribution >= 0.6 is 0 Å². The Bertz CT molecular complexity index is 635. The van der Waals surface area contributed by atoms with Crippen molar-refractivity contribution in [3.8, 4) is 0 Å². The summed E-state index contributed by atoms with van der Waals surface area (Å²) in [6, 6.07) is 10.7. The highest BCUT2D eigenvalue weighted by Gasteiger charge is 2.35. The van der Waals surface area contributed by atoms with Crippen LogP contribution in [0.1, 0.15) is 38.2 Å². The summed E-state index contributed by atoms with van der Waals surface area (Å²) in [5.74, 6) is 0.981. The Morgan fingerprint density at radius 3 is 2.42 bits per heavy atom. The molecule has 1 aliphatic rings. The molecule has 1 aromatic rings. The van der Waals surface area contributed by atoms with Gasteiger partial charge in [-0.15, -0.1) is 0 Å². The van der Waals surface area contributed by atoms with Crippen molar-refractivity contribution in [2.24, 2.45) is 4.99 Å². The van der Waals surface area contributed by atoms with E-state index in [4.69, 9.17) is 0 Å². The van der Waals surface area contributed by atoms with Gasteiger partial charge in [0.1, 0.15) is 0 Å². The molecule has 6 heteroatoms. The van der Waals surface area contributed by atoms with Gasteiger partial charge in [0.25, 0.3) is 0 Å².